The highest BCUT2D eigenvalue weighted by Gasteiger charge is 2.06. The van der Waals surface area contributed by atoms with Gasteiger partial charge in [0.1, 0.15) is 12.4 Å². The second-order valence-corrected chi connectivity index (χ2v) is 7.23. The summed E-state index contributed by atoms with van der Waals surface area (Å²) in [6.07, 6.45) is 5.18. The lowest BCUT2D eigenvalue weighted by atomic mass is 10.2. The molecular weight excluding hydrogens is 356 g/mol. The molecule has 0 heterocycles. The maximum atomic E-state index is 11.3. The van der Waals surface area contributed by atoms with Crippen molar-refractivity contribution in [1.29, 1.82) is 0 Å². The molecule has 2 N–H and O–H groups in total. The Kier molecular flexibility index (Phi) is 7.75. The number of ether oxygens (including phenoxy) is 1. The topological polar surface area (TPSA) is 67.4 Å². The molecule has 0 aromatic heterocycles. The van der Waals surface area contributed by atoms with Gasteiger partial charge < -0.3 is 10.1 Å². The number of terminal acetylenes is 1. The van der Waals surface area contributed by atoms with Crippen LogP contribution < -0.4 is 14.8 Å². The molecule has 0 atom stereocenters. The summed E-state index contributed by atoms with van der Waals surface area (Å²) >= 11 is 3.41. The zero-order chi connectivity index (χ0) is 15.7. The molecule has 1 aromatic rings. The smallest absolute Gasteiger partial charge is 0.211 e. The molecule has 0 aliphatic heterocycles. The van der Waals surface area contributed by atoms with Gasteiger partial charge in [0.25, 0.3) is 0 Å². The first kappa shape index (κ1) is 18.0. The maximum Gasteiger partial charge on any atom is 0.211 e. The number of benzene rings is 1. The van der Waals surface area contributed by atoms with Gasteiger partial charge in [-0.2, -0.15) is 0 Å². The monoisotopic (exact) mass is 374 g/mol. The molecular formula is C14H19BrN2O3S. The Balaban J connectivity index is 2.47. The van der Waals surface area contributed by atoms with Crippen molar-refractivity contribution in [1.82, 2.24) is 10.0 Å². The van der Waals surface area contributed by atoms with E-state index in [2.05, 4.69) is 31.9 Å². The highest BCUT2D eigenvalue weighted by Crippen LogP contribution is 2.23. The quantitative estimate of drug-likeness (QED) is 0.507. The van der Waals surface area contributed by atoms with Crippen LogP contribution in [0.5, 0.6) is 5.75 Å². The molecule has 0 fully saturated rings. The van der Waals surface area contributed by atoms with Gasteiger partial charge in [-0.15, -0.1) is 6.42 Å². The van der Waals surface area contributed by atoms with E-state index in [1.54, 1.807) is 6.92 Å². The van der Waals surface area contributed by atoms with Gasteiger partial charge in [-0.1, -0.05) is 21.9 Å². The Morgan fingerprint density at radius 2 is 2.14 bits per heavy atom. The summed E-state index contributed by atoms with van der Waals surface area (Å²) in [5.41, 5.74) is 0.956. The van der Waals surface area contributed by atoms with E-state index in [9.17, 15) is 8.42 Å². The fraction of sp³-hybridized carbons (Fsp3) is 0.429. The fourth-order valence-corrected chi connectivity index (χ4v) is 2.59. The van der Waals surface area contributed by atoms with Crippen molar-refractivity contribution in [3.05, 3.63) is 28.2 Å². The third kappa shape index (κ3) is 6.96. The van der Waals surface area contributed by atoms with Crippen molar-refractivity contribution in [2.75, 3.05) is 25.4 Å². The molecule has 0 saturated heterocycles. The Morgan fingerprint density at radius 1 is 1.38 bits per heavy atom. The van der Waals surface area contributed by atoms with Crippen LogP contribution in [-0.4, -0.2) is 33.9 Å². The van der Waals surface area contributed by atoms with Crippen molar-refractivity contribution in [3.63, 3.8) is 0 Å². The average molecular weight is 375 g/mol. The Labute approximate surface area is 134 Å². The molecule has 21 heavy (non-hydrogen) atoms. The van der Waals surface area contributed by atoms with E-state index in [1.807, 2.05) is 18.2 Å². The molecule has 0 saturated carbocycles. The molecule has 0 bridgehead atoms. The summed E-state index contributed by atoms with van der Waals surface area (Å²) < 4.78 is 31.4. The van der Waals surface area contributed by atoms with Crippen LogP contribution in [0.3, 0.4) is 0 Å². The van der Waals surface area contributed by atoms with Crippen LogP contribution >= 0.6 is 15.9 Å². The summed E-state index contributed by atoms with van der Waals surface area (Å²) in [5.74, 6) is 3.23. The molecule has 0 aliphatic carbocycles. The van der Waals surface area contributed by atoms with Gasteiger partial charge in [0.15, 0.2) is 0 Å². The van der Waals surface area contributed by atoms with Gasteiger partial charge in [0.05, 0.1) is 5.75 Å². The first-order valence-electron chi connectivity index (χ1n) is 6.51. The highest BCUT2D eigenvalue weighted by molar-refractivity contribution is 9.10. The van der Waals surface area contributed by atoms with E-state index in [0.717, 1.165) is 15.8 Å². The molecule has 1 aromatic carbocycles. The summed E-state index contributed by atoms with van der Waals surface area (Å²) in [7, 11) is -3.14. The second-order valence-electron chi connectivity index (χ2n) is 4.22. The maximum absolute atomic E-state index is 11.3. The molecule has 0 radical (unpaired) electrons. The van der Waals surface area contributed by atoms with E-state index >= 15 is 0 Å². The summed E-state index contributed by atoms with van der Waals surface area (Å²) in [5, 5.41) is 3.16. The zero-order valence-corrected chi connectivity index (χ0v) is 14.3. The summed E-state index contributed by atoms with van der Waals surface area (Å²) in [4.78, 5) is 0. The second kappa shape index (κ2) is 9.05. The van der Waals surface area contributed by atoms with E-state index in [-0.39, 0.29) is 12.4 Å². The van der Waals surface area contributed by atoms with Gasteiger partial charge in [-0.05, 0) is 25.1 Å². The van der Waals surface area contributed by atoms with Crippen LogP contribution in [0.1, 0.15) is 12.5 Å². The molecule has 7 heteroatoms. The van der Waals surface area contributed by atoms with Crippen LogP contribution in [0.15, 0.2) is 22.7 Å². The molecule has 0 amide bonds. The van der Waals surface area contributed by atoms with Gasteiger partial charge in [0, 0.05) is 29.7 Å². The highest BCUT2D eigenvalue weighted by atomic mass is 79.9. The molecule has 1 rings (SSSR count). The summed E-state index contributed by atoms with van der Waals surface area (Å²) in [6.45, 7) is 3.26. The van der Waals surface area contributed by atoms with E-state index in [4.69, 9.17) is 11.2 Å². The zero-order valence-electron chi connectivity index (χ0n) is 11.9. The van der Waals surface area contributed by atoms with Crippen molar-refractivity contribution < 1.29 is 13.2 Å². The van der Waals surface area contributed by atoms with Crippen LogP contribution in [0.4, 0.5) is 0 Å². The Morgan fingerprint density at radius 3 is 2.81 bits per heavy atom. The first-order valence-corrected chi connectivity index (χ1v) is 8.95. The fourth-order valence-electron chi connectivity index (χ4n) is 1.57. The molecule has 0 unspecified atom stereocenters. The number of halogens is 1. The van der Waals surface area contributed by atoms with Gasteiger partial charge in [-0.25, -0.2) is 13.1 Å². The Bertz CT molecular complexity index is 597. The minimum absolute atomic E-state index is 0.0860. The van der Waals surface area contributed by atoms with Crippen LogP contribution in [0.25, 0.3) is 0 Å². The molecule has 0 aliphatic rings. The number of hydrogen-bond donors (Lipinski definition) is 2. The first-order chi connectivity index (χ1) is 9.98. The average Bonchev–Trinajstić information content (AvgIpc) is 2.46. The summed E-state index contributed by atoms with van der Waals surface area (Å²) in [6, 6.07) is 5.66. The largest absolute Gasteiger partial charge is 0.481 e. The lowest BCUT2D eigenvalue weighted by molar-refractivity contribution is 0.365. The SMILES string of the molecule is C#CCOc1ccc(Br)cc1CNCCNS(=O)(=O)CC. The van der Waals surface area contributed by atoms with Crippen molar-refractivity contribution >= 4 is 26.0 Å². The molecule has 5 nitrogen and oxygen atoms in total. The van der Waals surface area contributed by atoms with Crippen LogP contribution in [-0.2, 0) is 16.6 Å². The third-order valence-electron chi connectivity index (χ3n) is 2.65. The number of sulfonamides is 1. The predicted molar refractivity (Wildman–Crippen MR) is 87.6 cm³/mol. The van der Waals surface area contributed by atoms with Gasteiger partial charge in [0.2, 0.25) is 10.0 Å². The van der Waals surface area contributed by atoms with Crippen molar-refractivity contribution in [2.45, 2.75) is 13.5 Å². The lowest BCUT2D eigenvalue weighted by Gasteiger charge is -2.11. The minimum Gasteiger partial charge on any atom is -0.481 e. The number of hydrogen-bond acceptors (Lipinski definition) is 4. The van der Waals surface area contributed by atoms with Crippen molar-refractivity contribution in [3.8, 4) is 18.1 Å². The molecule has 0 spiro atoms. The Hall–Kier alpha value is -1.07. The van der Waals surface area contributed by atoms with Crippen LogP contribution in [0.2, 0.25) is 0 Å². The third-order valence-corrected chi connectivity index (χ3v) is 4.55. The standard InChI is InChI=1S/C14H19BrN2O3S/c1-3-9-20-14-6-5-13(15)10-12(14)11-16-7-8-17-21(18,19)4-2/h1,5-6,10,16-17H,4,7-9,11H2,2H3. The normalized spacial score (nSPS) is 11.1. The van der Waals surface area contributed by atoms with Crippen molar-refractivity contribution in [2.24, 2.45) is 0 Å². The predicted octanol–water partition coefficient (Wildman–Crippen LogP) is 1.49. The lowest BCUT2D eigenvalue weighted by Crippen LogP contribution is -2.32. The number of nitrogens with one attached hydrogen (secondary N) is 2. The minimum atomic E-state index is -3.14. The number of rotatable bonds is 9. The van der Waals surface area contributed by atoms with E-state index in [1.165, 1.54) is 0 Å². The van der Waals surface area contributed by atoms with E-state index in [0.29, 0.717) is 19.6 Å². The molecule has 116 valence electrons. The van der Waals surface area contributed by atoms with Crippen LogP contribution in [0, 0.1) is 12.3 Å². The van der Waals surface area contributed by atoms with Gasteiger partial charge in [-0.3, -0.25) is 0 Å². The van der Waals surface area contributed by atoms with E-state index < -0.39 is 10.0 Å². The van der Waals surface area contributed by atoms with Gasteiger partial charge >= 0.3 is 0 Å².